The van der Waals surface area contributed by atoms with E-state index in [1.807, 2.05) is 0 Å². The molecule has 3 aromatic rings. The van der Waals surface area contributed by atoms with Crippen molar-refractivity contribution in [1.29, 1.82) is 0 Å². The number of fused-ring (bicyclic) bond motifs is 1. The Hall–Kier alpha value is -2.99. The molecule has 0 unspecified atom stereocenters. The number of aromatic nitrogens is 1. The summed E-state index contributed by atoms with van der Waals surface area (Å²) in [5.41, 5.74) is 0.402. The van der Waals surface area contributed by atoms with Crippen LogP contribution >= 0.6 is 0 Å². The molecule has 1 heterocycles. The Balaban J connectivity index is 2.07. The molecule has 0 fully saturated rings. The van der Waals surface area contributed by atoms with Gasteiger partial charge in [-0.3, -0.25) is 9.59 Å². The molecule has 1 amide bonds. The van der Waals surface area contributed by atoms with E-state index < -0.39 is 23.9 Å². The molecule has 0 saturated carbocycles. The minimum atomic E-state index is -0.660. The molecule has 0 radical (unpaired) electrons. The van der Waals surface area contributed by atoms with E-state index in [9.17, 15) is 19.1 Å². The number of carbonyl (C=O) groups excluding carboxylic acids is 1. The number of para-hydroxylation sites is 1. The standard InChI is InChI=1S/C17H13FN2O3/c18-10-5-7-11(8-6-10)19-16(22)15-13(9-21)12-3-1-2-4-14(12)20-17(15)23/h1-8,21H,9H2,(H,19,22)(H,20,23). The fraction of sp³-hybridized carbons (Fsp3) is 0.0588. The zero-order valence-corrected chi connectivity index (χ0v) is 12.0. The van der Waals surface area contributed by atoms with E-state index in [0.717, 1.165) is 0 Å². The van der Waals surface area contributed by atoms with E-state index in [4.69, 9.17) is 0 Å². The molecular formula is C17H13FN2O3. The second kappa shape index (κ2) is 6.02. The Labute approximate surface area is 130 Å². The molecular weight excluding hydrogens is 299 g/mol. The maximum absolute atomic E-state index is 12.9. The number of hydrogen-bond donors (Lipinski definition) is 3. The number of carbonyl (C=O) groups is 1. The number of aliphatic hydroxyl groups excluding tert-OH is 1. The van der Waals surface area contributed by atoms with Gasteiger partial charge in [-0.05, 0) is 30.3 Å². The van der Waals surface area contributed by atoms with E-state index in [1.54, 1.807) is 24.3 Å². The molecule has 2 aromatic carbocycles. The van der Waals surface area contributed by atoms with Crippen LogP contribution in [0.4, 0.5) is 10.1 Å². The number of aromatic amines is 1. The molecule has 0 bridgehead atoms. The van der Waals surface area contributed by atoms with Gasteiger partial charge in [-0.25, -0.2) is 4.39 Å². The fourth-order valence-electron chi connectivity index (χ4n) is 2.44. The monoisotopic (exact) mass is 312 g/mol. The van der Waals surface area contributed by atoms with Crippen LogP contribution in [0, 0.1) is 5.82 Å². The highest BCUT2D eigenvalue weighted by atomic mass is 19.1. The number of pyridine rings is 1. The third-order valence-electron chi connectivity index (χ3n) is 3.52. The largest absolute Gasteiger partial charge is 0.392 e. The van der Waals surface area contributed by atoms with Crippen molar-refractivity contribution in [2.24, 2.45) is 0 Å². The number of benzene rings is 2. The lowest BCUT2D eigenvalue weighted by Gasteiger charge is -2.11. The van der Waals surface area contributed by atoms with Gasteiger partial charge in [-0.1, -0.05) is 18.2 Å². The van der Waals surface area contributed by atoms with Crippen molar-refractivity contribution >= 4 is 22.5 Å². The summed E-state index contributed by atoms with van der Waals surface area (Å²) in [4.78, 5) is 27.2. The third kappa shape index (κ3) is 2.84. The molecule has 1 aromatic heterocycles. The predicted molar refractivity (Wildman–Crippen MR) is 84.8 cm³/mol. The topological polar surface area (TPSA) is 82.2 Å². The van der Waals surface area contributed by atoms with Crippen LogP contribution in [0.3, 0.4) is 0 Å². The molecule has 0 aliphatic carbocycles. The van der Waals surface area contributed by atoms with E-state index in [2.05, 4.69) is 10.3 Å². The van der Waals surface area contributed by atoms with Crippen molar-refractivity contribution in [2.75, 3.05) is 5.32 Å². The zero-order valence-electron chi connectivity index (χ0n) is 12.0. The minimum Gasteiger partial charge on any atom is -0.392 e. The first kappa shape index (κ1) is 14.9. The van der Waals surface area contributed by atoms with E-state index in [0.29, 0.717) is 16.6 Å². The number of rotatable bonds is 3. The normalized spacial score (nSPS) is 10.7. The Morgan fingerprint density at radius 2 is 1.83 bits per heavy atom. The van der Waals surface area contributed by atoms with Crippen LogP contribution in [-0.2, 0) is 6.61 Å². The van der Waals surface area contributed by atoms with Gasteiger partial charge in [0.25, 0.3) is 11.5 Å². The molecule has 0 aliphatic heterocycles. The van der Waals surface area contributed by atoms with Crippen LogP contribution in [0.25, 0.3) is 10.9 Å². The summed E-state index contributed by atoms with van der Waals surface area (Å²) < 4.78 is 12.9. The highest BCUT2D eigenvalue weighted by molar-refractivity contribution is 6.07. The van der Waals surface area contributed by atoms with Crippen LogP contribution in [0.1, 0.15) is 15.9 Å². The molecule has 6 heteroatoms. The summed E-state index contributed by atoms with van der Waals surface area (Å²) in [7, 11) is 0. The van der Waals surface area contributed by atoms with Gasteiger partial charge in [0, 0.05) is 22.2 Å². The molecule has 116 valence electrons. The lowest BCUT2D eigenvalue weighted by Crippen LogP contribution is -2.26. The average molecular weight is 312 g/mol. The fourth-order valence-corrected chi connectivity index (χ4v) is 2.44. The molecule has 0 spiro atoms. The third-order valence-corrected chi connectivity index (χ3v) is 3.52. The first-order chi connectivity index (χ1) is 11.1. The Morgan fingerprint density at radius 3 is 2.52 bits per heavy atom. The van der Waals surface area contributed by atoms with Crippen LogP contribution < -0.4 is 10.9 Å². The van der Waals surface area contributed by atoms with Crippen molar-refractivity contribution in [3.63, 3.8) is 0 Å². The first-order valence-electron chi connectivity index (χ1n) is 6.92. The number of amides is 1. The number of hydrogen-bond acceptors (Lipinski definition) is 3. The minimum absolute atomic E-state index is 0.157. The maximum Gasteiger partial charge on any atom is 0.261 e. The molecule has 0 saturated heterocycles. The van der Waals surface area contributed by atoms with Gasteiger partial charge in [0.2, 0.25) is 0 Å². The van der Waals surface area contributed by atoms with E-state index in [-0.39, 0.29) is 11.1 Å². The first-order valence-corrected chi connectivity index (χ1v) is 6.92. The second-order valence-corrected chi connectivity index (χ2v) is 4.97. The van der Waals surface area contributed by atoms with Crippen molar-refractivity contribution in [3.8, 4) is 0 Å². The highest BCUT2D eigenvalue weighted by Crippen LogP contribution is 2.19. The molecule has 3 N–H and O–H groups in total. The van der Waals surface area contributed by atoms with Gasteiger partial charge in [0.15, 0.2) is 0 Å². The summed E-state index contributed by atoms with van der Waals surface area (Å²) in [5, 5.41) is 12.7. The summed E-state index contributed by atoms with van der Waals surface area (Å²) in [6, 6.07) is 12.1. The lowest BCUT2D eigenvalue weighted by atomic mass is 10.0. The van der Waals surface area contributed by atoms with E-state index in [1.165, 1.54) is 24.3 Å². The smallest absolute Gasteiger partial charge is 0.261 e. The van der Waals surface area contributed by atoms with Crippen molar-refractivity contribution in [2.45, 2.75) is 6.61 Å². The van der Waals surface area contributed by atoms with Gasteiger partial charge >= 0.3 is 0 Å². The van der Waals surface area contributed by atoms with Crippen LogP contribution in [0.15, 0.2) is 53.3 Å². The maximum atomic E-state index is 12.9. The van der Waals surface area contributed by atoms with Gasteiger partial charge in [-0.15, -0.1) is 0 Å². The molecule has 3 rings (SSSR count). The number of aliphatic hydroxyl groups is 1. The molecule has 0 atom stereocenters. The molecule has 23 heavy (non-hydrogen) atoms. The Bertz CT molecular complexity index is 933. The lowest BCUT2D eigenvalue weighted by molar-refractivity contribution is 0.102. The Morgan fingerprint density at radius 1 is 1.13 bits per heavy atom. The number of halogens is 1. The summed E-state index contributed by atoms with van der Waals surface area (Å²) in [5.74, 6) is -1.09. The Kier molecular flexibility index (Phi) is 3.91. The summed E-state index contributed by atoms with van der Waals surface area (Å²) in [6.07, 6.45) is 0. The number of H-pyrrole nitrogens is 1. The van der Waals surface area contributed by atoms with Gasteiger partial charge < -0.3 is 15.4 Å². The van der Waals surface area contributed by atoms with E-state index >= 15 is 0 Å². The zero-order chi connectivity index (χ0) is 16.4. The number of nitrogens with one attached hydrogen (secondary N) is 2. The second-order valence-electron chi connectivity index (χ2n) is 4.97. The summed E-state index contributed by atoms with van der Waals surface area (Å²) in [6.45, 7) is -0.448. The average Bonchev–Trinajstić information content (AvgIpc) is 2.55. The summed E-state index contributed by atoms with van der Waals surface area (Å²) >= 11 is 0. The molecule has 5 nitrogen and oxygen atoms in total. The quantitative estimate of drug-likeness (QED) is 0.694. The van der Waals surface area contributed by atoms with Gasteiger partial charge in [0.1, 0.15) is 11.4 Å². The SMILES string of the molecule is O=C(Nc1ccc(F)cc1)c1c(CO)c2ccccc2[nH]c1=O. The molecule has 0 aliphatic rings. The van der Waals surface area contributed by atoms with Crippen molar-refractivity contribution in [3.05, 3.63) is 75.8 Å². The van der Waals surface area contributed by atoms with Crippen LogP contribution in [-0.4, -0.2) is 16.0 Å². The van der Waals surface area contributed by atoms with Crippen molar-refractivity contribution < 1.29 is 14.3 Å². The number of anilines is 1. The van der Waals surface area contributed by atoms with Crippen LogP contribution in [0.2, 0.25) is 0 Å². The highest BCUT2D eigenvalue weighted by Gasteiger charge is 2.18. The van der Waals surface area contributed by atoms with Crippen molar-refractivity contribution in [1.82, 2.24) is 4.98 Å². The van der Waals surface area contributed by atoms with Gasteiger partial charge in [0.05, 0.1) is 6.61 Å². The van der Waals surface area contributed by atoms with Crippen LogP contribution in [0.5, 0.6) is 0 Å². The van der Waals surface area contributed by atoms with Gasteiger partial charge in [-0.2, -0.15) is 0 Å². The predicted octanol–water partition coefficient (Wildman–Crippen LogP) is 2.41.